The molecule has 1 aliphatic carbocycles. The molecule has 1 aromatic heterocycles. The average molecular weight is 421 g/mol. The first-order valence-corrected chi connectivity index (χ1v) is 11.8. The number of hydrogen-bond acceptors (Lipinski definition) is 7. The molecular formula is C21H32N4O3S. The maximum atomic E-state index is 12.2. The highest BCUT2D eigenvalue weighted by Crippen LogP contribution is 2.48. The Morgan fingerprint density at radius 2 is 1.83 bits per heavy atom. The number of ether oxygens (including phenoxy) is 1. The van der Waals surface area contributed by atoms with E-state index in [9.17, 15) is 4.79 Å². The van der Waals surface area contributed by atoms with Crippen molar-refractivity contribution in [3.63, 3.8) is 0 Å². The summed E-state index contributed by atoms with van der Waals surface area (Å²) in [7, 11) is 0. The number of amides is 1. The Balaban J connectivity index is 0.000000171. The normalized spacial score (nSPS) is 33.6. The van der Waals surface area contributed by atoms with Gasteiger partial charge in [0.2, 0.25) is 0 Å². The molecule has 29 heavy (non-hydrogen) atoms. The molecule has 160 valence electrons. The molecule has 0 spiro atoms. The molecule has 1 amide bonds. The third-order valence-electron chi connectivity index (χ3n) is 7.06. The highest BCUT2D eigenvalue weighted by atomic mass is 32.1. The minimum Gasteiger partial charge on any atom is -0.379 e. The zero-order chi connectivity index (χ0) is 19.8. The van der Waals surface area contributed by atoms with Crippen molar-refractivity contribution in [3.8, 4) is 0 Å². The Kier molecular flexibility index (Phi) is 5.87. The minimum absolute atomic E-state index is 0.0608. The van der Waals surface area contributed by atoms with Crippen LogP contribution in [0, 0.1) is 0 Å². The highest BCUT2D eigenvalue weighted by molar-refractivity contribution is 7.80. The zero-order valence-corrected chi connectivity index (χ0v) is 17.9. The van der Waals surface area contributed by atoms with Gasteiger partial charge in [0.25, 0.3) is 5.91 Å². The number of thiol groups is 1. The highest BCUT2D eigenvalue weighted by Gasteiger charge is 2.55. The van der Waals surface area contributed by atoms with Crippen molar-refractivity contribution in [2.75, 3.05) is 38.6 Å². The van der Waals surface area contributed by atoms with E-state index >= 15 is 0 Å². The summed E-state index contributed by atoms with van der Waals surface area (Å²) in [6.45, 7) is 5.06. The Labute approximate surface area is 177 Å². The summed E-state index contributed by atoms with van der Waals surface area (Å²) in [4.78, 5) is 17.3. The number of piperidine rings is 2. The molecule has 5 fully saturated rings. The lowest BCUT2D eigenvalue weighted by Crippen LogP contribution is -2.74. The van der Waals surface area contributed by atoms with Gasteiger partial charge in [0.1, 0.15) is 5.76 Å². The van der Waals surface area contributed by atoms with E-state index in [-0.39, 0.29) is 5.91 Å². The van der Waals surface area contributed by atoms with Crippen LogP contribution in [0.4, 0.5) is 0 Å². The third kappa shape index (κ3) is 4.36. The molecule has 4 aliphatic heterocycles. The van der Waals surface area contributed by atoms with Crippen molar-refractivity contribution >= 4 is 18.5 Å². The monoisotopic (exact) mass is 420 g/mol. The van der Waals surface area contributed by atoms with Crippen LogP contribution < -0.4 is 5.32 Å². The maximum absolute atomic E-state index is 12.2. The second-order valence-corrected chi connectivity index (χ2v) is 9.54. The van der Waals surface area contributed by atoms with Crippen LogP contribution in [0.1, 0.15) is 60.7 Å². The van der Waals surface area contributed by atoms with E-state index in [1.54, 1.807) is 0 Å². The molecular weight excluding hydrogens is 388 g/mol. The third-order valence-corrected chi connectivity index (χ3v) is 7.26. The topological polar surface area (TPSA) is 70.8 Å². The lowest BCUT2D eigenvalue weighted by molar-refractivity contribution is -0.150. The van der Waals surface area contributed by atoms with Crippen molar-refractivity contribution < 1.29 is 14.1 Å². The standard InChI is InChI=1S/C15H19N3O2.C6H13NOS/c19-15(13-7-14(20-17-13)8-1-2-8)16-9-3-10-5-12-6-11(4-9)18(10)12;9-6-3-7-1-4-8-5-2-7/h7-12H,1-6H2,(H,16,19);9H,1-6H2. The van der Waals surface area contributed by atoms with Crippen molar-refractivity contribution in [1.29, 1.82) is 0 Å². The first-order chi connectivity index (χ1) is 14.2. The van der Waals surface area contributed by atoms with E-state index in [2.05, 4.69) is 32.9 Å². The van der Waals surface area contributed by atoms with Gasteiger partial charge < -0.3 is 14.6 Å². The summed E-state index contributed by atoms with van der Waals surface area (Å²) in [6.07, 6.45) is 7.20. The molecule has 7 nitrogen and oxygen atoms in total. The molecule has 2 atom stereocenters. The molecule has 0 aromatic carbocycles. The fourth-order valence-corrected chi connectivity index (χ4v) is 5.60. The summed E-state index contributed by atoms with van der Waals surface area (Å²) in [6, 6.07) is 4.45. The number of nitrogens with zero attached hydrogens (tertiary/aromatic N) is 3. The summed E-state index contributed by atoms with van der Waals surface area (Å²) in [5.41, 5.74) is 0.453. The van der Waals surface area contributed by atoms with Crippen LogP contribution in [0.5, 0.6) is 0 Å². The van der Waals surface area contributed by atoms with Gasteiger partial charge in [-0.05, 0) is 38.5 Å². The second-order valence-electron chi connectivity index (χ2n) is 9.09. The van der Waals surface area contributed by atoms with Crippen LogP contribution in [-0.4, -0.2) is 83.6 Å². The SMILES string of the molecule is O=C(NC1CC2CC3CC(C1)N23)c1cc(C2CC2)on1.SCCN1CCOCC1. The van der Waals surface area contributed by atoms with Gasteiger partial charge in [-0.2, -0.15) is 12.6 Å². The van der Waals surface area contributed by atoms with Crippen LogP contribution in [0.3, 0.4) is 0 Å². The molecule has 5 heterocycles. The summed E-state index contributed by atoms with van der Waals surface area (Å²) >= 11 is 4.15. The summed E-state index contributed by atoms with van der Waals surface area (Å²) in [5, 5.41) is 7.08. The maximum Gasteiger partial charge on any atom is 0.273 e. The Morgan fingerprint density at radius 1 is 1.14 bits per heavy atom. The van der Waals surface area contributed by atoms with Crippen LogP contribution in [-0.2, 0) is 4.74 Å². The number of morpholine rings is 1. The largest absolute Gasteiger partial charge is 0.379 e. The molecule has 5 aliphatic rings. The average Bonchev–Trinajstić information content (AvgIpc) is 3.42. The number of rotatable bonds is 5. The number of nitrogens with one attached hydrogen (secondary N) is 1. The lowest BCUT2D eigenvalue weighted by Gasteiger charge is -2.66. The number of aromatic nitrogens is 1. The predicted molar refractivity (Wildman–Crippen MR) is 113 cm³/mol. The Bertz CT molecular complexity index is 700. The quantitative estimate of drug-likeness (QED) is 0.709. The van der Waals surface area contributed by atoms with E-state index in [4.69, 9.17) is 9.26 Å². The lowest BCUT2D eigenvalue weighted by atomic mass is 9.68. The van der Waals surface area contributed by atoms with Gasteiger partial charge in [-0.25, -0.2) is 0 Å². The van der Waals surface area contributed by atoms with Gasteiger partial charge in [0.15, 0.2) is 5.69 Å². The molecule has 6 rings (SSSR count). The van der Waals surface area contributed by atoms with Gasteiger partial charge in [-0.3, -0.25) is 14.6 Å². The number of carbonyl (C=O) groups is 1. The van der Waals surface area contributed by atoms with Crippen molar-refractivity contribution in [2.45, 2.75) is 68.6 Å². The van der Waals surface area contributed by atoms with Gasteiger partial charge in [0.05, 0.1) is 13.2 Å². The van der Waals surface area contributed by atoms with Crippen molar-refractivity contribution in [2.24, 2.45) is 0 Å². The van der Waals surface area contributed by atoms with E-state index in [1.807, 2.05) is 6.07 Å². The van der Waals surface area contributed by atoms with Crippen LogP contribution in [0.25, 0.3) is 0 Å². The molecule has 4 saturated heterocycles. The van der Waals surface area contributed by atoms with Crippen LogP contribution in [0.15, 0.2) is 10.6 Å². The first-order valence-electron chi connectivity index (χ1n) is 11.2. The molecule has 1 saturated carbocycles. The summed E-state index contributed by atoms with van der Waals surface area (Å²) < 4.78 is 10.4. The van der Waals surface area contributed by atoms with E-state index in [0.29, 0.717) is 17.7 Å². The second kappa shape index (κ2) is 8.57. The van der Waals surface area contributed by atoms with E-state index in [0.717, 1.165) is 75.3 Å². The van der Waals surface area contributed by atoms with Crippen LogP contribution in [0.2, 0.25) is 0 Å². The molecule has 0 bridgehead atoms. The number of carbonyl (C=O) groups excluding carboxylic acids is 1. The Hall–Kier alpha value is -1.09. The van der Waals surface area contributed by atoms with Gasteiger partial charge >= 0.3 is 0 Å². The van der Waals surface area contributed by atoms with E-state index < -0.39 is 0 Å². The predicted octanol–water partition coefficient (Wildman–Crippen LogP) is 1.91. The van der Waals surface area contributed by atoms with Crippen LogP contribution >= 0.6 is 12.6 Å². The minimum atomic E-state index is -0.0608. The fraction of sp³-hybridized carbons (Fsp3) is 0.810. The molecule has 8 heteroatoms. The molecule has 1 aromatic rings. The number of hydrogen-bond donors (Lipinski definition) is 2. The zero-order valence-electron chi connectivity index (χ0n) is 17.0. The molecule has 2 unspecified atom stereocenters. The van der Waals surface area contributed by atoms with Gasteiger partial charge in [-0.1, -0.05) is 5.16 Å². The fourth-order valence-electron chi connectivity index (χ4n) is 5.32. The van der Waals surface area contributed by atoms with Gasteiger partial charge in [0, 0.05) is 61.5 Å². The first kappa shape index (κ1) is 19.8. The van der Waals surface area contributed by atoms with Gasteiger partial charge in [-0.15, -0.1) is 0 Å². The molecule has 1 N–H and O–H groups in total. The molecule has 0 radical (unpaired) electrons. The Morgan fingerprint density at radius 3 is 2.45 bits per heavy atom. The van der Waals surface area contributed by atoms with Crippen molar-refractivity contribution in [1.82, 2.24) is 20.3 Å². The summed E-state index contributed by atoms with van der Waals surface area (Å²) in [5.74, 6) is 2.29. The van der Waals surface area contributed by atoms with Crippen molar-refractivity contribution in [3.05, 3.63) is 17.5 Å². The smallest absolute Gasteiger partial charge is 0.273 e. The van der Waals surface area contributed by atoms with E-state index in [1.165, 1.54) is 25.7 Å².